The number of halogens is 1. The number of nitrogens with one attached hydrogen (secondary N) is 2. The molecule has 1 unspecified atom stereocenters. The lowest BCUT2D eigenvalue weighted by atomic mass is 10.0. The Labute approximate surface area is 252 Å². The molecule has 1 aliphatic carbocycles. The lowest BCUT2D eigenvalue weighted by Crippen LogP contribution is -2.48. The van der Waals surface area contributed by atoms with Gasteiger partial charge in [-0.1, -0.05) is 12.1 Å². The molecule has 1 saturated heterocycles. The summed E-state index contributed by atoms with van der Waals surface area (Å²) in [5, 5.41) is 15.0. The summed E-state index contributed by atoms with van der Waals surface area (Å²) in [4.78, 5) is 47.4. The van der Waals surface area contributed by atoms with Gasteiger partial charge in [0, 0.05) is 57.4 Å². The first-order valence-electron chi connectivity index (χ1n) is 15.0. The maximum atomic E-state index is 13.4. The van der Waals surface area contributed by atoms with Gasteiger partial charge in [-0.15, -0.1) is 0 Å². The zero-order valence-corrected chi connectivity index (χ0v) is 24.4. The molecule has 1 saturated carbocycles. The summed E-state index contributed by atoms with van der Waals surface area (Å²) in [6.45, 7) is 1.23. The van der Waals surface area contributed by atoms with Crippen molar-refractivity contribution < 1.29 is 28.6 Å². The van der Waals surface area contributed by atoms with E-state index in [4.69, 9.17) is 19.8 Å². The van der Waals surface area contributed by atoms with E-state index in [0.717, 1.165) is 34.7 Å². The number of para-hydroxylation sites is 1. The smallest absolute Gasteiger partial charge is 0.405 e. The molecular formula is C31H34FN7O5. The minimum absolute atomic E-state index is 0.0573. The van der Waals surface area contributed by atoms with Crippen LogP contribution >= 0.6 is 0 Å². The third kappa shape index (κ3) is 5.20. The Balaban J connectivity index is 1.24. The van der Waals surface area contributed by atoms with E-state index in [1.165, 1.54) is 17.7 Å². The van der Waals surface area contributed by atoms with Crippen molar-refractivity contribution >= 4 is 40.0 Å². The van der Waals surface area contributed by atoms with Crippen LogP contribution in [-0.2, 0) is 24.8 Å². The van der Waals surface area contributed by atoms with Gasteiger partial charge in [0.05, 0.1) is 35.1 Å². The van der Waals surface area contributed by atoms with E-state index in [-0.39, 0.29) is 24.3 Å². The molecule has 0 bridgehead atoms. The van der Waals surface area contributed by atoms with Crippen molar-refractivity contribution in [1.82, 2.24) is 34.6 Å². The minimum Gasteiger partial charge on any atom is -0.491 e. The fraction of sp³-hybridized carbons (Fsp3) is 0.452. The number of carboxylic acid groups (broad SMARTS) is 1. The maximum absolute atomic E-state index is 13.4. The molecule has 0 spiro atoms. The van der Waals surface area contributed by atoms with Crippen LogP contribution in [0.4, 0.5) is 9.18 Å². The van der Waals surface area contributed by atoms with Gasteiger partial charge in [0.1, 0.15) is 17.9 Å². The van der Waals surface area contributed by atoms with E-state index in [1.807, 2.05) is 23.7 Å². The molecule has 1 aromatic carbocycles. The predicted molar refractivity (Wildman–Crippen MR) is 159 cm³/mol. The third-order valence-corrected chi connectivity index (χ3v) is 8.80. The van der Waals surface area contributed by atoms with E-state index >= 15 is 0 Å². The first-order chi connectivity index (χ1) is 21.3. The van der Waals surface area contributed by atoms with Crippen molar-refractivity contribution in [3.8, 4) is 17.3 Å². The Bertz CT molecular complexity index is 1800. The van der Waals surface area contributed by atoms with Crippen LogP contribution in [0.5, 0.6) is 5.75 Å². The highest BCUT2D eigenvalue weighted by atomic mass is 19.1. The Hall–Kier alpha value is -4.68. The van der Waals surface area contributed by atoms with E-state index in [2.05, 4.69) is 27.3 Å². The molecule has 5 heterocycles. The van der Waals surface area contributed by atoms with Crippen molar-refractivity contribution in [2.24, 2.45) is 18.9 Å². The number of carbonyl (C=O) groups excluding carboxylic acids is 2. The summed E-state index contributed by atoms with van der Waals surface area (Å²) < 4.78 is 24.0. The monoisotopic (exact) mass is 603 g/mol. The van der Waals surface area contributed by atoms with Crippen LogP contribution in [0.1, 0.15) is 35.3 Å². The number of nitrogens with zero attached hydrogens (tertiary/aromatic N) is 5. The number of fused-ring (bicyclic) bond motifs is 3. The summed E-state index contributed by atoms with van der Waals surface area (Å²) in [5.74, 6) is 1.94. The quantitative estimate of drug-likeness (QED) is 0.253. The molecule has 44 heavy (non-hydrogen) atoms. The highest BCUT2D eigenvalue weighted by Gasteiger charge is 2.31. The summed E-state index contributed by atoms with van der Waals surface area (Å²) in [7, 11) is 1.92. The van der Waals surface area contributed by atoms with Gasteiger partial charge in [-0.3, -0.25) is 9.59 Å². The average molecular weight is 604 g/mol. The number of rotatable bonds is 10. The second kappa shape index (κ2) is 11.1. The zero-order chi connectivity index (χ0) is 30.5. The molecule has 7 rings (SSSR count). The number of amides is 3. The molecule has 3 amide bonds. The van der Waals surface area contributed by atoms with E-state index in [0.29, 0.717) is 60.9 Å². The molecule has 12 nitrogen and oxygen atoms in total. The number of hydrogen-bond acceptors (Lipinski definition) is 6. The van der Waals surface area contributed by atoms with Gasteiger partial charge >= 0.3 is 6.09 Å². The third-order valence-electron chi connectivity index (χ3n) is 8.80. The van der Waals surface area contributed by atoms with Gasteiger partial charge < -0.3 is 34.5 Å². The van der Waals surface area contributed by atoms with E-state index in [1.54, 1.807) is 6.07 Å². The molecule has 3 aromatic heterocycles. The van der Waals surface area contributed by atoms with Gasteiger partial charge in [0.15, 0.2) is 11.5 Å². The van der Waals surface area contributed by atoms with Crippen molar-refractivity contribution in [2.75, 3.05) is 32.9 Å². The van der Waals surface area contributed by atoms with Gasteiger partial charge in [0.2, 0.25) is 5.91 Å². The minimum atomic E-state index is -1.33. The Morgan fingerprint density at radius 1 is 1.23 bits per heavy atom. The molecule has 3 N–H and O–H groups in total. The van der Waals surface area contributed by atoms with Crippen LogP contribution in [0.2, 0.25) is 0 Å². The van der Waals surface area contributed by atoms with Crippen LogP contribution in [-0.4, -0.2) is 86.0 Å². The number of aryl methyl sites for hydroxylation is 1. The van der Waals surface area contributed by atoms with E-state index in [9.17, 15) is 18.8 Å². The first kappa shape index (κ1) is 28.1. The number of carbonyl (C=O) groups is 3. The summed E-state index contributed by atoms with van der Waals surface area (Å²) >= 11 is 0. The Morgan fingerprint density at radius 2 is 2.07 bits per heavy atom. The molecule has 0 radical (unpaired) electrons. The van der Waals surface area contributed by atoms with Crippen LogP contribution < -0.4 is 15.4 Å². The number of imidazole rings is 1. The van der Waals surface area contributed by atoms with Crippen molar-refractivity contribution in [2.45, 2.75) is 38.3 Å². The van der Waals surface area contributed by atoms with Crippen LogP contribution in [0, 0.1) is 11.8 Å². The maximum Gasteiger partial charge on any atom is 0.405 e. The number of benzene rings is 1. The number of pyridine rings is 1. The van der Waals surface area contributed by atoms with Crippen molar-refractivity contribution in [1.29, 1.82) is 0 Å². The average Bonchev–Trinajstić information content (AvgIpc) is 3.48. The van der Waals surface area contributed by atoms with Gasteiger partial charge in [-0.2, -0.15) is 0 Å². The zero-order valence-electron chi connectivity index (χ0n) is 24.4. The number of ether oxygens (including phenoxy) is 1. The second-order valence-electron chi connectivity index (χ2n) is 12.1. The van der Waals surface area contributed by atoms with Crippen molar-refractivity contribution in [3.05, 3.63) is 41.6 Å². The highest BCUT2D eigenvalue weighted by Crippen LogP contribution is 2.39. The van der Waals surface area contributed by atoms with Gasteiger partial charge in [-0.05, 0) is 37.0 Å². The molecule has 230 valence electrons. The predicted octanol–water partition coefficient (Wildman–Crippen LogP) is 3.12. The van der Waals surface area contributed by atoms with Crippen LogP contribution in [0.15, 0.2) is 30.3 Å². The molecule has 13 heteroatoms. The second-order valence-corrected chi connectivity index (χ2v) is 12.1. The normalized spacial score (nSPS) is 19.0. The molecule has 4 aromatic rings. The molecule has 2 atom stereocenters. The summed E-state index contributed by atoms with van der Waals surface area (Å²) in [5.41, 5.74) is 4.19. The van der Waals surface area contributed by atoms with Crippen LogP contribution in [0.25, 0.3) is 33.6 Å². The van der Waals surface area contributed by atoms with Crippen LogP contribution in [0.3, 0.4) is 0 Å². The van der Waals surface area contributed by atoms with E-state index < -0.39 is 18.8 Å². The fourth-order valence-electron chi connectivity index (χ4n) is 6.34. The summed E-state index contributed by atoms with van der Waals surface area (Å²) in [6.07, 6.45) is 1.94. The molecule has 2 aliphatic heterocycles. The SMILES string of the molecule is Cn1c(-c2cc3cccc(OC[C@@H]4CNC(=O)C4)c3n2CC2CC2)nc2cc3c(nc21)CCN(CC(CF)NC(=O)O)C3=O. The molecular weight excluding hydrogens is 569 g/mol. The number of alkyl halides is 1. The topological polar surface area (TPSA) is 144 Å². The first-order valence-corrected chi connectivity index (χ1v) is 15.0. The van der Waals surface area contributed by atoms with Crippen molar-refractivity contribution in [3.63, 3.8) is 0 Å². The molecule has 2 fully saturated rings. The molecule has 3 aliphatic rings. The number of hydrogen-bond donors (Lipinski definition) is 3. The highest BCUT2D eigenvalue weighted by molar-refractivity contribution is 5.99. The Kier molecular flexibility index (Phi) is 7.10. The number of aromatic nitrogens is 4. The fourth-order valence-corrected chi connectivity index (χ4v) is 6.34. The standard InChI is InChI=1S/C31H34FN7O5/c1-37-28-23(11-21-22(35-28)7-8-38(30(21)41)15-20(12-32)34-31(42)43)36-29(37)24-10-19-3-2-4-25(27(19)39(24)14-17-5-6-17)44-16-18-9-26(40)33-13-18/h2-4,10-11,17-18,20,34H,5-9,12-16H2,1H3,(H,33,40)(H,42,43)/t18-,20?/m0/s1. The Morgan fingerprint density at radius 3 is 2.80 bits per heavy atom. The lowest BCUT2D eigenvalue weighted by Gasteiger charge is -2.30. The van der Waals surface area contributed by atoms with Gasteiger partial charge in [0.25, 0.3) is 5.91 Å². The largest absolute Gasteiger partial charge is 0.491 e. The lowest BCUT2D eigenvalue weighted by molar-refractivity contribution is -0.119. The summed E-state index contributed by atoms with van der Waals surface area (Å²) in [6, 6.07) is 8.86. The van der Waals surface area contributed by atoms with Gasteiger partial charge in [-0.25, -0.2) is 19.2 Å².